The SMILES string of the molecule is CCOc1cc(C=C2SCN(C)C2=O)cc(-c2ccccc2SC)c1O. The van der Waals surface area contributed by atoms with Crippen molar-refractivity contribution in [2.45, 2.75) is 11.8 Å². The number of rotatable bonds is 5. The number of hydrogen-bond donors (Lipinski definition) is 1. The molecule has 0 aromatic heterocycles. The fourth-order valence-corrected chi connectivity index (χ4v) is 4.34. The van der Waals surface area contributed by atoms with Crippen LogP contribution in [0.1, 0.15) is 12.5 Å². The van der Waals surface area contributed by atoms with E-state index in [1.165, 1.54) is 11.8 Å². The highest BCUT2D eigenvalue weighted by Gasteiger charge is 2.23. The van der Waals surface area contributed by atoms with Crippen molar-refractivity contribution in [2.24, 2.45) is 0 Å². The summed E-state index contributed by atoms with van der Waals surface area (Å²) in [6.07, 6.45) is 3.87. The van der Waals surface area contributed by atoms with Crippen LogP contribution in [0.4, 0.5) is 0 Å². The molecule has 0 aliphatic carbocycles. The van der Waals surface area contributed by atoms with Gasteiger partial charge < -0.3 is 14.7 Å². The summed E-state index contributed by atoms with van der Waals surface area (Å²) in [5.74, 6) is 1.23. The highest BCUT2D eigenvalue weighted by molar-refractivity contribution is 8.04. The number of hydrogen-bond acceptors (Lipinski definition) is 5. The van der Waals surface area contributed by atoms with Crippen molar-refractivity contribution in [3.8, 4) is 22.6 Å². The van der Waals surface area contributed by atoms with Crippen molar-refractivity contribution in [3.05, 3.63) is 46.9 Å². The summed E-state index contributed by atoms with van der Waals surface area (Å²) in [6, 6.07) is 11.6. The predicted octanol–water partition coefficient (Wildman–Crippen LogP) is 4.68. The van der Waals surface area contributed by atoms with Crippen LogP contribution in [0, 0.1) is 0 Å². The molecular weight excluding hydrogens is 366 g/mol. The van der Waals surface area contributed by atoms with Crippen molar-refractivity contribution in [1.29, 1.82) is 0 Å². The average molecular weight is 388 g/mol. The van der Waals surface area contributed by atoms with Gasteiger partial charge in [0, 0.05) is 17.5 Å². The normalized spacial score (nSPS) is 15.7. The first-order valence-corrected chi connectivity index (χ1v) is 10.5. The summed E-state index contributed by atoms with van der Waals surface area (Å²) >= 11 is 3.14. The van der Waals surface area contributed by atoms with Crippen molar-refractivity contribution in [2.75, 3.05) is 25.8 Å². The summed E-state index contributed by atoms with van der Waals surface area (Å²) in [5, 5.41) is 10.7. The van der Waals surface area contributed by atoms with Crippen LogP contribution in [0.15, 0.2) is 46.2 Å². The molecule has 1 saturated heterocycles. The molecule has 26 heavy (non-hydrogen) atoms. The largest absolute Gasteiger partial charge is 0.504 e. The summed E-state index contributed by atoms with van der Waals surface area (Å²) in [4.78, 5) is 15.6. The van der Waals surface area contributed by atoms with E-state index in [0.717, 1.165) is 16.0 Å². The maximum absolute atomic E-state index is 12.2. The second-order valence-corrected chi connectivity index (χ2v) is 7.67. The van der Waals surface area contributed by atoms with E-state index in [9.17, 15) is 9.90 Å². The van der Waals surface area contributed by atoms with Crippen molar-refractivity contribution in [1.82, 2.24) is 4.90 Å². The number of carbonyl (C=O) groups excluding carboxylic acids is 1. The molecule has 2 aromatic rings. The van der Waals surface area contributed by atoms with Crippen LogP contribution in [0.3, 0.4) is 0 Å². The Hall–Kier alpha value is -2.05. The molecule has 0 bridgehead atoms. The molecule has 1 amide bonds. The van der Waals surface area contributed by atoms with Gasteiger partial charge in [0.25, 0.3) is 5.91 Å². The standard InChI is InChI=1S/C20H21NO3S2/c1-4-24-16-10-13(11-18-20(23)21(2)12-26-18)9-15(19(16)22)14-7-5-6-8-17(14)25-3/h5-11,22H,4,12H2,1-3H3. The van der Waals surface area contributed by atoms with Gasteiger partial charge in [0.1, 0.15) is 0 Å². The number of phenolic OH excluding ortho intramolecular Hbond substituents is 1. The quantitative estimate of drug-likeness (QED) is 0.596. The fraction of sp³-hybridized carbons (Fsp3) is 0.250. The van der Waals surface area contributed by atoms with E-state index in [0.29, 0.717) is 28.7 Å². The number of ether oxygens (including phenoxy) is 1. The second-order valence-electron chi connectivity index (χ2n) is 5.83. The number of likely N-dealkylation sites (N-methyl/N-ethyl adjacent to an activating group) is 1. The van der Waals surface area contributed by atoms with Crippen LogP contribution < -0.4 is 4.74 Å². The van der Waals surface area contributed by atoms with Crippen LogP contribution >= 0.6 is 23.5 Å². The van der Waals surface area contributed by atoms with Crippen LogP contribution in [0.2, 0.25) is 0 Å². The molecular formula is C20H21NO3S2. The lowest BCUT2D eigenvalue weighted by atomic mass is 10.0. The molecule has 1 N–H and O–H groups in total. The van der Waals surface area contributed by atoms with Gasteiger partial charge in [-0.3, -0.25) is 4.79 Å². The highest BCUT2D eigenvalue weighted by atomic mass is 32.2. The maximum Gasteiger partial charge on any atom is 0.260 e. The van der Waals surface area contributed by atoms with E-state index in [4.69, 9.17) is 4.74 Å². The Morgan fingerprint density at radius 1 is 1.31 bits per heavy atom. The molecule has 0 radical (unpaired) electrons. The van der Waals surface area contributed by atoms with Crippen LogP contribution in [0.25, 0.3) is 17.2 Å². The minimum absolute atomic E-state index is 0.0205. The third-order valence-corrected chi connectivity index (χ3v) is 5.98. The van der Waals surface area contributed by atoms with Gasteiger partial charge in [-0.25, -0.2) is 0 Å². The summed E-state index contributed by atoms with van der Waals surface area (Å²) in [5.41, 5.74) is 2.49. The van der Waals surface area contributed by atoms with Gasteiger partial charge in [-0.15, -0.1) is 11.8 Å². The maximum atomic E-state index is 12.2. The number of carbonyl (C=O) groups is 1. The zero-order valence-corrected chi connectivity index (χ0v) is 16.6. The Morgan fingerprint density at radius 2 is 2.08 bits per heavy atom. The first kappa shape index (κ1) is 18.7. The van der Waals surface area contributed by atoms with Gasteiger partial charge >= 0.3 is 0 Å². The number of amides is 1. The lowest BCUT2D eigenvalue weighted by Gasteiger charge is -2.14. The van der Waals surface area contributed by atoms with Gasteiger partial charge in [-0.2, -0.15) is 0 Å². The van der Waals surface area contributed by atoms with Crippen molar-refractivity contribution in [3.63, 3.8) is 0 Å². The summed E-state index contributed by atoms with van der Waals surface area (Å²) in [7, 11) is 1.79. The summed E-state index contributed by atoms with van der Waals surface area (Å²) in [6.45, 7) is 2.33. The van der Waals surface area contributed by atoms with E-state index in [1.54, 1.807) is 29.8 Å². The number of benzene rings is 2. The molecule has 1 aliphatic heterocycles. The average Bonchev–Trinajstić information content (AvgIpc) is 2.96. The molecule has 1 heterocycles. The van der Waals surface area contributed by atoms with E-state index >= 15 is 0 Å². The Morgan fingerprint density at radius 3 is 2.73 bits per heavy atom. The van der Waals surface area contributed by atoms with Gasteiger partial charge in [0.2, 0.25) is 0 Å². The number of phenols is 1. The Bertz CT molecular complexity index is 864. The Labute approximate surface area is 162 Å². The van der Waals surface area contributed by atoms with Gasteiger partial charge in [0.05, 0.1) is 17.4 Å². The van der Waals surface area contributed by atoms with Crippen LogP contribution in [-0.4, -0.2) is 41.7 Å². The highest BCUT2D eigenvalue weighted by Crippen LogP contribution is 2.42. The first-order chi connectivity index (χ1) is 12.5. The zero-order chi connectivity index (χ0) is 18.7. The molecule has 0 spiro atoms. The predicted molar refractivity (Wildman–Crippen MR) is 110 cm³/mol. The lowest BCUT2D eigenvalue weighted by molar-refractivity contribution is -0.123. The number of aromatic hydroxyl groups is 1. The van der Waals surface area contributed by atoms with Gasteiger partial charge in [-0.05, 0) is 48.6 Å². The smallest absolute Gasteiger partial charge is 0.260 e. The van der Waals surface area contributed by atoms with E-state index in [2.05, 4.69) is 0 Å². The van der Waals surface area contributed by atoms with E-state index in [1.807, 2.05) is 49.6 Å². The Balaban J connectivity index is 2.14. The monoisotopic (exact) mass is 387 g/mol. The van der Waals surface area contributed by atoms with Crippen molar-refractivity contribution >= 4 is 35.5 Å². The molecule has 0 saturated carbocycles. The molecule has 4 nitrogen and oxygen atoms in total. The third kappa shape index (κ3) is 3.71. The van der Waals surface area contributed by atoms with E-state index < -0.39 is 0 Å². The Kier molecular flexibility index (Phi) is 5.84. The van der Waals surface area contributed by atoms with Crippen LogP contribution in [-0.2, 0) is 4.79 Å². The summed E-state index contributed by atoms with van der Waals surface area (Å²) < 4.78 is 5.64. The molecule has 0 unspecified atom stereocenters. The lowest BCUT2D eigenvalue weighted by Crippen LogP contribution is -2.18. The molecule has 6 heteroatoms. The molecule has 1 fully saturated rings. The topological polar surface area (TPSA) is 49.8 Å². The fourth-order valence-electron chi connectivity index (χ4n) is 2.78. The van der Waals surface area contributed by atoms with Crippen molar-refractivity contribution < 1.29 is 14.6 Å². The van der Waals surface area contributed by atoms with Crippen LogP contribution in [0.5, 0.6) is 11.5 Å². The number of thioether (sulfide) groups is 2. The molecule has 136 valence electrons. The van der Waals surface area contributed by atoms with E-state index in [-0.39, 0.29) is 11.7 Å². The van der Waals surface area contributed by atoms with Gasteiger partial charge in [-0.1, -0.05) is 30.0 Å². The molecule has 1 aliphatic rings. The number of nitrogens with zero attached hydrogens (tertiary/aromatic N) is 1. The second kappa shape index (κ2) is 8.10. The molecule has 3 rings (SSSR count). The minimum Gasteiger partial charge on any atom is -0.504 e. The zero-order valence-electron chi connectivity index (χ0n) is 15.0. The first-order valence-electron chi connectivity index (χ1n) is 8.28. The van der Waals surface area contributed by atoms with Gasteiger partial charge in [0.15, 0.2) is 11.5 Å². The third-order valence-electron chi connectivity index (χ3n) is 4.06. The minimum atomic E-state index is 0.0205. The molecule has 2 aromatic carbocycles. The molecule has 0 atom stereocenters.